The molecule has 0 aliphatic heterocycles. The van der Waals surface area contributed by atoms with Gasteiger partial charge in [-0.3, -0.25) is 0 Å². The van der Waals surface area contributed by atoms with Crippen LogP contribution in [0.15, 0.2) is 0 Å². The monoisotopic (exact) mass is 246 g/mol. The maximum Gasteiger partial charge on any atom is 0.228 e. The molecule has 0 fully saturated rings. The van der Waals surface area contributed by atoms with Crippen LogP contribution in [-0.2, 0) is 0 Å². The number of aromatic nitrogens is 3. The SMILES string of the molecule is CCNc1nc(Cl)nc(NCC)n1.CNC. The van der Waals surface area contributed by atoms with Gasteiger partial charge in [0.15, 0.2) is 0 Å². The highest BCUT2D eigenvalue weighted by atomic mass is 35.5. The van der Waals surface area contributed by atoms with Crippen LogP contribution in [0, 0.1) is 0 Å². The molecular formula is C9H19ClN6. The highest BCUT2D eigenvalue weighted by molar-refractivity contribution is 6.28. The van der Waals surface area contributed by atoms with E-state index < -0.39 is 0 Å². The summed E-state index contributed by atoms with van der Waals surface area (Å²) in [5, 5.41) is 8.87. The minimum Gasteiger partial charge on any atom is -0.354 e. The molecule has 0 saturated carbocycles. The van der Waals surface area contributed by atoms with E-state index in [-0.39, 0.29) is 5.28 Å². The number of rotatable bonds is 4. The van der Waals surface area contributed by atoms with Crippen molar-refractivity contribution < 1.29 is 0 Å². The van der Waals surface area contributed by atoms with Gasteiger partial charge >= 0.3 is 0 Å². The molecular weight excluding hydrogens is 228 g/mol. The Morgan fingerprint density at radius 3 is 1.62 bits per heavy atom. The minimum atomic E-state index is 0.196. The van der Waals surface area contributed by atoms with Crippen LogP contribution < -0.4 is 16.0 Å². The molecule has 0 unspecified atom stereocenters. The summed E-state index contributed by atoms with van der Waals surface area (Å²) in [7, 11) is 3.75. The van der Waals surface area contributed by atoms with Crippen molar-refractivity contribution in [1.82, 2.24) is 20.3 Å². The lowest BCUT2D eigenvalue weighted by molar-refractivity contribution is 0.999. The molecule has 1 rings (SSSR count). The fraction of sp³-hybridized carbons (Fsp3) is 0.667. The molecule has 7 heteroatoms. The fourth-order valence-corrected chi connectivity index (χ4v) is 0.985. The van der Waals surface area contributed by atoms with Gasteiger partial charge in [-0.05, 0) is 39.5 Å². The van der Waals surface area contributed by atoms with E-state index in [9.17, 15) is 0 Å². The van der Waals surface area contributed by atoms with Crippen LogP contribution in [0.25, 0.3) is 0 Å². The first kappa shape index (κ1) is 14.9. The van der Waals surface area contributed by atoms with Crippen LogP contribution in [0.5, 0.6) is 0 Å². The zero-order chi connectivity index (χ0) is 12.4. The lowest BCUT2D eigenvalue weighted by Gasteiger charge is -2.04. The van der Waals surface area contributed by atoms with Crippen molar-refractivity contribution in [3.63, 3.8) is 0 Å². The minimum absolute atomic E-state index is 0.196. The molecule has 16 heavy (non-hydrogen) atoms. The highest BCUT2D eigenvalue weighted by Crippen LogP contribution is 2.08. The molecule has 0 spiro atoms. The Bertz CT molecular complexity index is 269. The van der Waals surface area contributed by atoms with E-state index in [0.29, 0.717) is 11.9 Å². The number of anilines is 2. The molecule has 1 heterocycles. The Hall–Kier alpha value is -1.14. The van der Waals surface area contributed by atoms with Crippen LogP contribution in [0.4, 0.5) is 11.9 Å². The number of hydrogen-bond acceptors (Lipinski definition) is 6. The third kappa shape index (κ3) is 6.36. The summed E-state index contributed by atoms with van der Waals surface area (Å²) in [6, 6.07) is 0. The standard InChI is InChI=1S/C7H12ClN5.C2H7N/c1-3-9-6-11-5(8)12-7(13-6)10-4-2;1-3-2/h3-4H2,1-2H3,(H2,9,10,11,12,13);3H,1-2H3. The molecule has 6 nitrogen and oxygen atoms in total. The topological polar surface area (TPSA) is 74.8 Å². The predicted octanol–water partition coefficient (Wildman–Crippen LogP) is 1.22. The van der Waals surface area contributed by atoms with Crippen molar-refractivity contribution in [2.24, 2.45) is 0 Å². The Morgan fingerprint density at radius 2 is 1.31 bits per heavy atom. The second-order valence-electron chi connectivity index (χ2n) is 2.81. The van der Waals surface area contributed by atoms with Crippen molar-refractivity contribution >= 4 is 23.5 Å². The molecule has 0 aliphatic rings. The second-order valence-corrected chi connectivity index (χ2v) is 3.15. The van der Waals surface area contributed by atoms with Gasteiger partial charge in [-0.2, -0.15) is 15.0 Å². The molecule has 0 saturated heterocycles. The lowest BCUT2D eigenvalue weighted by atomic mass is 10.7. The third-order valence-electron chi connectivity index (χ3n) is 1.28. The molecule has 92 valence electrons. The predicted molar refractivity (Wildman–Crippen MR) is 68.1 cm³/mol. The molecule has 0 amide bonds. The first-order valence-electron chi connectivity index (χ1n) is 5.15. The van der Waals surface area contributed by atoms with E-state index in [1.54, 1.807) is 0 Å². The zero-order valence-electron chi connectivity index (χ0n) is 10.1. The molecule has 0 bridgehead atoms. The van der Waals surface area contributed by atoms with Gasteiger partial charge in [0.2, 0.25) is 17.2 Å². The van der Waals surface area contributed by atoms with E-state index in [1.165, 1.54) is 0 Å². The molecule has 0 aromatic carbocycles. The van der Waals surface area contributed by atoms with Crippen LogP contribution in [0.1, 0.15) is 13.8 Å². The first-order valence-corrected chi connectivity index (χ1v) is 5.53. The first-order chi connectivity index (χ1) is 7.67. The van der Waals surface area contributed by atoms with Crippen molar-refractivity contribution in [3.05, 3.63) is 5.28 Å². The van der Waals surface area contributed by atoms with Gasteiger partial charge < -0.3 is 16.0 Å². The largest absolute Gasteiger partial charge is 0.354 e. The summed E-state index contributed by atoms with van der Waals surface area (Å²) in [5.74, 6) is 0.997. The number of hydrogen-bond donors (Lipinski definition) is 3. The Labute approximate surface area is 101 Å². The van der Waals surface area contributed by atoms with Crippen LogP contribution in [0.2, 0.25) is 5.28 Å². The summed E-state index contributed by atoms with van der Waals surface area (Å²) in [6.07, 6.45) is 0. The quantitative estimate of drug-likeness (QED) is 0.742. The van der Waals surface area contributed by atoms with Crippen LogP contribution >= 0.6 is 11.6 Å². The molecule has 1 aromatic heterocycles. The summed E-state index contributed by atoms with van der Waals surface area (Å²) >= 11 is 5.68. The smallest absolute Gasteiger partial charge is 0.228 e. The van der Waals surface area contributed by atoms with Gasteiger partial charge in [0.25, 0.3) is 0 Å². The average Bonchev–Trinajstić information content (AvgIpc) is 2.18. The van der Waals surface area contributed by atoms with Gasteiger partial charge in [-0.15, -0.1) is 0 Å². The zero-order valence-corrected chi connectivity index (χ0v) is 10.9. The maximum atomic E-state index is 5.68. The van der Waals surface area contributed by atoms with Gasteiger partial charge in [0, 0.05) is 13.1 Å². The number of nitrogens with one attached hydrogen (secondary N) is 3. The second kappa shape index (κ2) is 9.11. The van der Waals surface area contributed by atoms with Crippen molar-refractivity contribution in [1.29, 1.82) is 0 Å². The van der Waals surface area contributed by atoms with Gasteiger partial charge in [0.1, 0.15) is 0 Å². The maximum absolute atomic E-state index is 5.68. The van der Waals surface area contributed by atoms with Gasteiger partial charge in [-0.25, -0.2) is 0 Å². The van der Waals surface area contributed by atoms with Crippen LogP contribution in [-0.4, -0.2) is 42.1 Å². The van der Waals surface area contributed by atoms with E-state index in [2.05, 4.69) is 30.9 Å². The summed E-state index contributed by atoms with van der Waals surface area (Å²) < 4.78 is 0. The Morgan fingerprint density at radius 1 is 0.938 bits per heavy atom. The van der Waals surface area contributed by atoms with E-state index in [4.69, 9.17) is 11.6 Å². The van der Waals surface area contributed by atoms with Crippen molar-refractivity contribution in [2.75, 3.05) is 37.8 Å². The van der Waals surface area contributed by atoms with Crippen LogP contribution in [0.3, 0.4) is 0 Å². The van der Waals surface area contributed by atoms with Crippen molar-refractivity contribution in [2.45, 2.75) is 13.8 Å². The van der Waals surface area contributed by atoms with Gasteiger partial charge in [0.05, 0.1) is 0 Å². The molecule has 0 aliphatic carbocycles. The average molecular weight is 247 g/mol. The molecule has 1 aromatic rings. The molecule has 3 N–H and O–H groups in total. The molecule has 0 atom stereocenters. The van der Waals surface area contributed by atoms with E-state index in [0.717, 1.165) is 13.1 Å². The number of halogens is 1. The summed E-state index contributed by atoms with van der Waals surface area (Å²) in [5.41, 5.74) is 0. The summed E-state index contributed by atoms with van der Waals surface area (Å²) in [6.45, 7) is 5.44. The normalized spacial score (nSPS) is 9.06. The summed E-state index contributed by atoms with van der Waals surface area (Å²) in [4.78, 5) is 11.9. The number of nitrogens with zero attached hydrogens (tertiary/aromatic N) is 3. The van der Waals surface area contributed by atoms with Crippen molar-refractivity contribution in [3.8, 4) is 0 Å². The Balaban J connectivity index is 0.000000673. The molecule has 0 radical (unpaired) electrons. The Kier molecular flexibility index (Phi) is 8.46. The lowest BCUT2D eigenvalue weighted by Crippen LogP contribution is -2.08. The third-order valence-corrected chi connectivity index (χ3v) is 1.45. The van der Waals surface area contributed by atoms with E-state index >= 15 is 0 Å². The highest BCUT2D eigenvalue weighted by Gasteiger charge is 2.01. The fourth-order valence-electron chi connectivity index (χ4n) is 0.824. The van der Waals surface area contributed by atoms with E-state index in [1.807, 2.05) is 27.9 Å². The van der Waals surface area contributed by atoms with Gasteiger partial charge in [-0.1, -0.05) is 0 Å².